The van der Waals surface area contributed by atoms with Crippen LogP contribution in [0.1, 0.15) is 66.0 Å². The Labute approximate surface area is 249 Å². The standard InChI is InChI=1S/C31H34N4O4S2/c1-6-25(40-21-12-9-11-20(16-21)33-27(36)22-13-8-7-10-19(22)2)28(37)34-29-24(17-32)23-14-15-35(18-26(23)41-29)30(38)39-31(3,4)5/h7-13,16,25H,6,14-15,18H2,1-5H3,(H,33,36)(H,34,37). The van der Waals surface area contributed by atoms with Gasteiger partial charge in [0, 0.05) is 27.6 Å². The Morgan fingerprint density at radius 1 is 1.15 bits per heavy atom. The fourth-order valence-electron chi connectivity index (χ4n) is 4.44. The second-order valence-electron chi connectivity index (χ2n) is 10.8. The molecular formula is C31H34N4O4S2. The maximum absolute atomic E-state index is 13.4. The van der Waals surface area contributed by atoms with E-state index in [1.54, 1.807) is 11.0 Å². The summed E-state index contributed by atoms with van der Waals surface area (Å²) in [5.74, 6) is -0.392. The van der Waals surface area contributed by atoms with Gasteiger partial charge in [-0.15, -0.1) is 23.1 Å². The summed E-state index contributed by atoms with van der Waals surface area (Å²) in [5.41, 5.74) is 2.89. The van der Waals surface area contributed by atoms with E-state index in [0.29, 0.717) is 47.7 Å². The number of benzene rings is 2. The predicted octanol–water partition coefficient (Wildman–Crippen LogP) is 6.98. The van der Waals surface area contributed by atoms with Crippen LogP contribution in [0.5, 0.6) is 0 Å². The first-order valence-corrected chi connectivity index (χ1v) is 15.2. The molecule has 3 amide bonds. The van der Waals surface area contributed by atoms with E-state index in [1.807, 2.05) is 77.1 Å². The van der Waals surface area contributed by atoms with Crippen LogP contribution in [0.2, 0.25) is 0 Å². The highest BCUT2D eigenvalue weighted by Gasteiger charge is 2.31. The lowest BCUT2D eigenvalue weighted by atomic mass is 10.0. The van der Waals surface area contributed by atoms with Crippen molar-refractivity contribution in [2.75, 3.05) is 17.2 Å². The number of ether oxygens (including phenoxy) is 1. The Kier molecular flexibility index (Phi) is 9.41. The van der Waals surface area contributed by atoms with Crippen molar-refractivity contribution in [2.45, 2.75) is 69.8 Å². The molecule has 2 N–H and O–H groups in total. The maximum atomic E-state index is 13.4. The zero-order valence-electron chi connectivity index (χ0n) is 23.9. The molecule has 1 aliphatic heterocycles. The first-order valence-electron chi connectivity index (χ1n) is 13.5. The van der Waals surface area contributed by atoms with Crippen molar-refractivity contribution >= 4 is 51.7 Å². The topological polar surface area (TPSA) is 112 Å². The van der Waals surface area contributed by atoms with E-state index in [1.165, 1.54) is 23.1 Å². The van der Waals surface area contributed by atoms with Crippen molar-refractivity contribution in [1.29, 1.82) is 5.26 Å². The van der Waals surface area contributed by atoms with Gasteiger partial charge in [0.05, 0.1) is 17.4 Å². The largest absolute Gasteiger partial charge is 0.444 e. The van der Waals surface area contributed by atoms with Crippen LogP contribution in [0, 0.1) is 18.3 Å². The number of carbonyl (C=O) groups excluding carboxylic acids is 3. The average Bonchev–Trinajstić information content (AvgIpc) is 3.27. The second-order valence-corrected chi connectivity index (χ2v) is 13.2. The van der Waals surface area contributed by atoms with E-state index >= 15 is 0 Å². The number of carbonyl (C=O) groups is 3. The summed E-state index contributed by atoms with van der Waals surface area (Å²) in [4.78, 5) is 42.1. The minimum absolute atomic E-state index is 0.189. The zero-order chi connectivity index (χ0) is 29.7. The molecule has 0 fully saturated rings. The van der Waals surface area contributed by atoms with Crippen LogP contribution in [0.25, 0.3) is 0 Å². The predicted molar refractivity (Wildman–Crippen MR) is 164 cm³/mol. The quantitative estimate of drug-likeness (QED) is 0.287. The van der Waals surface area contributed by atoms with Gasteiger partial charge in [0.1, 0.15) is 16.7 Å². The van der Waals surface area contributed by atoms with Crippen LogP contribution in [-0.4, -0.2) is 40.2 Å². The number of hydrogen-bond donors (Lipinski definition) is 2. The summed E-state index contributed by atoms with van der Waals surface area (Å²) < 4.78 is 5.51. The zero-order valence-corrected chi connectivity index (χ0v) is 25.5. The molecule has 1 aliphatic rings. The summed E-state index contributed by atoms with van der Waals surface area (Å²) in [6, 6.07) is 17.1. The summed E-state index contributed by atoms with van der Waals surface area (Å²) in [5, 5.41) is 15.9. The normalized spacial score (nSPS) is 13.5. The molecule has 0 bridgehead atoms. The van der Waals surface area contributed by atoms with Gasteiger partial charge >= 0.3 is 6.09 Å². The van der Waals surface area contributed by atoms with E-state index in [4.69, 9.17) is 4.74 Å². The minimum Gasteiger partial charge on any atom is -0.444 e. The Hall–Kier alpha value is -3.81. The lowest BCUT2D eigenvalue weighted by Crippen LogP contribution is -2.39. The lowest BCUT2D eigenvalue weighted by molar-refractivity contribution is -0.115. The molecule has 214 valence electrons. The number of thioether (sulfide) groups is 1. The highest BCUT2D eigenvalue weighted by molar-refractivity contribution is 8.00. The molecule has 4 rings (SSSR count). The third-order valence-corrected chi connectivity index (χ3v) is 8.97. The highest BCUT2D eigenvalue weighted by Crippen LogP contribution is 2.38. The first kappa shape index (κ1) is 30.2. The molecule has 3 aromatic rings. The Bertz CT molecular complexity index is 1500. The number of nitriles is 1. The molecule has 1 aromatic heterocycles. The van der Waals surface area contributed by atoms with E-state index in [0.717, 1.165) is 20.9 Å². The minimum atomic E-state index is -0.595. The fraction of sp³-hybridized carbons (Fsp3) is 0.355. The van der Waals surface area contributed by atoms with Crippen molar-refractivity contribution < 1.29 is 19.1 Å². The molecule has 10 heteroatoms. The highest BCUT2D eigenvalue weighted by atomic mass is 32.2. The number of fused-ring (bicyclic) bond motifs is 1. The molecular weight excluding hydrogens is 556 g/mol. The van der Waals surface area contributed by atoms with Crippen LogP contribution in [0.3, 0.4) is 0 Å². The van der Waals surface area contributed by atoms with Crippen molar-refractivity contribution in [1.82, 2.24) is 4.90 Å². The van der Waals surface area contributed by atoms with Gasteiger partial charge in [-0.3, -0.25) is 9.59 Å². The molecule has 0 saturated heterocycles. The molecule has 2 heterocycles. The smallest absolute Gasteiger partial charge is 0.410 e. The van der Waals surface area contributed by atoms with Crippen LogP contribution < -0.4 is 10.6 Å². The third kappa shape index (κ3) is 7.48. The Morgan fingerprint density at radius 3 is 2.59 bits per heavy atom. The maximum Gasteiger partial charge on any atom is 0.410 e. The number of nitrogens with one attached hydrogen (secondary N) is 2. The number of amides is 3. The Morgan fingerprint density at radius 2 is 1.90 bits per heavy atom. The van der Waals surface area contributed by atoms with Crippen LogP contribution >= 0.6 is 23.1 Å². The van der Waals surface area contributed by atoms with E-state index in [-0.39, 0.29) is 17.9 Å². The number of aryl methyl sites for hydroxylation is 1. The van der Waals surface area contributed by atoms with Gasteiger partial charge in [-0.25, -0.2) is 4.79 Å². The second kappa shape index (κ2) is 12.8. The monoisotopic (exact) mass is 590 g/mol. The first-order chi connectivity index (χ1) is 19.5. The molecule has 2 aromatic carbocycles. The molecule has 8 nitrogen and oxygen atoms in total. The van der Waals surface area contributed by atoms with E-state index in [9.17, 15) is 19.6 Å². The molecule has 1 unspecified atom stereocenters. The van der Waals surface area contributed by atoms with Crippen molar-refractivity contribution in [3.63, 3.8) is 0 Å². The third-order valence-electron chi connectivity index (χ3n) is 6.48. The number of hydrogen-bond acceptors (Lipinski definition) is 7. The summed E-state index contributed by atoms with van der Waals surface area (Å²) in [6.07, 6.45) is 0.701. The Balaban J connectivity index is 1.44. The molecule has 0 aliphatic carbocycles. The van der Waals surface area contributed by atoms with Gasteiger partial charge in [0.25, 0.3) is 5.91 Å². The van der Waals surface area contributed by atoms with Crippen molar-refractivity contribution in [3.05, 3.63) is 75.7 Å². The van der Waals surface area contributed by atoms with Gasteiger partial charge in [0.2, 0.25) is 5.91 Å². The number of nitrogens with zero attached hydrogens (tertiary/aromatic N) is 2. The lowest BCUT2D eigenvalue weighted by Gasteiger charge is -2.29. The molecule has 1 atom stereocenters. The van der Waals surface area contributed by atoms with Crippen molar-refractivity contribution in [2.24, 2.45) is 0 Å². The molecule has 0 saturated carbocycles. The van der Waals surface area contributed by atoms with Crippen LogP contribution in [0.4, 0.5) is 15.5 Å². The molecule has 0 spiro atoms. The van der Waals surface area contributed by atoms with Crippen LogP contribution in [-0.2, 0) is 22.5 Å². The van der Waals surface area contributed by atoms with Gasteiger partial charge < -0.3 is 20.3 Å². The van der Waals surface area contributed by atoms with E-state index in [2.05, 4.69) is 16.7 Å². The molecule has 41 heavy (non-hydrogen) atoms. The summed E-state index contributed by atoms with van der Waals surface area (Å²) in [7, 11) is 0. The van der Waals surface area contributed by atoms with Gasteiger partial charge in [-0.2, -0.15) is 5.26 Å². The summed E-state index contributed by atoms with van der Waals surface area (Å²) >= 11 is 2.74. The van der Waals surface area contributed by atoms with Gasteiger partial charge in [-0.1, -0.05) is 31.2 Å². The SMILES string of the molecule is CCC(Sc1cccc(NC(=O)c2ccccc2C)c1)C(=O)Nc1sc2c(c1C#N)CCN(C(=O)OC(C)(C)C)C2. The van der Waals surface area contributed by atoms with Gasteiger partial charge in [0.15, 0.2) is 0 Å². The number of rotatable bonds is 7. The number of anilines is 2. The summed E-state index contributed by atoms with van der Waals surface area (Å²) in [6.45, 7) is 10.1. The number of thiophene rings is 1. The van der Waals surface area contributed by atoms with Crippen LogP contribution in [0.15, 0.2) is 53.4 Å². The molecule has 0 radical (unpaired) electrons. The van der Waals surface area contributed by atoms with Crippen molar-refractivity contribution in [3.8, 4) is 6.07 Å². The average molecular weight is 591 g/mol. The van der Waals surface area contributed by atoms with E-state index < -0.39 is 10.9 Å². The fourth-order valence-corrected chi connectivity index (χ4v) is 6.67. The van der Waals surface area contributed by atoms with Gasteiger partial charge in [-0.05, 0) is 75.9 Å².